The molecule has 2 aromatic carbocycles. The molecule has 0 radical (unpaired) electrons. The number of imidazole rings is 1. The minimum Gasteiger partial charge on any atom is -0.478 e. The zero-order valence-corrected chi connectivity index (χ0v) is 13.1. The molecular weight excluding hydrogens is 316 g/mol. The summed E-state index contributed by atoms with van der Waals surface area (Å²) in [5.41, 5.74) is 4.70. The van der Waals surface area contributed by atoms with E-state index in [2.05, 4.69) is 20.3 Å². The number of anilines is 2. The van der Waals surface area contributed by atoms with Gasteiger partial charge in [0.05, 0.1) is 16.6 Å². The number of pyridine rings is 1. The lowest BCUT2D eigenvalue weighted by Crippen LogP contribution is -1.94. The van der Waals surface area contributed by atoms with Crippen LogP contribution < -0.4 is 5.32 Å². The molecule has 25 heavy (non-hydrogen) atoms. The number of aromatic carboxylic acids is 1. The summed E-state index contributed by atoms with van der Waals surface area (Å²) in [5, 5.41) is 12.2. The zero-order valence-electron chi connectivity index (χ0n) is 13.1. The molecule has 4 rings (SSSR count). The molecule has 0 unspecified atom stereocenters. The van der Waals surface area contributed by atoms with Crippen LogP contribution in [0.3, 0.4) is 0 Å². The quantitative estimate of drug-likeness (QED) is 0.525. The summed E-state index contributed by atoms with van der Waals surface area (Å²) >= 11 is 0. The van der Waals surface area contributed by atoms with E-state index < -0.39 is 5.97 Å². The fourth-order valence-corrected chi connectivity index (χ4v) is 2.63. The monoisotopic (exact) mass is 330 g/mol. The van der Waals surface area contributed by atoms with Gasteiger partial charge in [-0.15, -0.1) is 0 Å². The van der Waals surface area contributed by atoms with Crippen LogP contribution >= 0.6 is 0 Å². The number of carboxylic acids is 1. The number of fused-ring (bicyclic) bond motifs is 1. The number of aromatic amines is 1. The van der Waals surface area contributed by atoms with E-state index in [4.69, 9.17) is 5.11 Å². The van der Waals surface area contributed by atoms with Gasteiger partial charge < -0.3 is 15.4 Å². The average Bonchev–Trinajstić information content (AvgIpc) is 3.04. The Morgan fingerprint density at radius 3 is 2.40 bits per heavy atom. The number of rotatable bonds is 4. The Morgan fingerprint density at radius 1 is 0.960 bits per heavy atom. The maximum absolute atomic E-state index is 11.0. The van der Waals surface area contributed by atoms with Gasteiger partial charge in [0.1, 0.15) is 0 Å². The predicted octanol–water partition coefficient (Wildman–Crippen LogP) is 4.07. The number of benzene rings is 2. The van der Waals surface area contributed by atoms with E-state index in [1.54, 1.807) is 30.6 Å². The van der Waals surface area contributed by atoms with E-state index in [9.17, 15) is 4.79 Å². The largest absolute Gasteiger partial charge is 0.478 e. The van der Waals surface area contributed by atoms with E-state index in [-0.39, 0.29) is 5.56 Å². The van der Waals surface area contributed by atoms with Crippen molar-refractivity contribution in [2.75, 3.05) is 5.32 Å². The van der Waals surface area contributed by atoms with E-state index in [0.29, 0.717) is 17.0 Å². The number of aromatic nitrogens is 3. The first-order valence-electron chi connectivity index (χ1n) is 7.69. The zero-order chi connectivity index (χ0) is 17.2. The second kappa shape index (κ2) is 6.09. The van der Waals surface area contributed by atoms with Crippen LogP contribution in [-0.4, -0.2) is 26.0 Å². The molecular formula is C19H14N4O2. The van der Waals surface area contributed by atoms with Gasteiger partial charge in [0.2, 0.25) is 5.95 Å². The van der Waals surface area contributed by atoms with Crippen molar-refractivity contribution in [2.24, 2.45) is 0 Å². The molecule has 0 spiro atoms. The molecule has 0 fully saturated rings. The number of carboxylic acid groups (broad SMARTS) is 1. The van der Waals surface area contributed by atoms with Crippen molar-refractivity contribution in [3.05, 3.63) is 72.6 Å². The number of nitrogens with zero attached hydrogens (tertiary/aromatic N) is 2. The molecule has 6 nitrogen and oxygen atoms in total. The second-order valence-corrected chi connectivity index (χ2v) is 5.56. The van der Waals surface area contributed by atoms with Crippen LogP contribution in [-0.2, 0) is 0 Å². The third kappa shape index (κ3) is 3.05. The summed E-state index contributed by atoms with van der Waals surface area (Å²) in [5.74, 6) is -0.396. The first-order chi connectivity index (χ1) is 12.2. The summed E-state index contributed by atoms with van der Waals surface area (Å²) in [7, 11) is 0. The van der Waals surface area contributed by atoms with Crippen molar-refractivity contribution in [3.8, 4) is 11.1 Å². The van der Waals surface area contributed by atoms with Crippen molar-refractivity contribution in [1.82, 2.24) is 15.0 Å². The van der Waals surface area contributed by atoms with E-state index in [1.165, 1.54) is 0 Å². The molecule has 3 N–H and O–H groups in total. The van der Waals surface area contributed by atoms with Crippen molar-refractivity contribution in [2.45, 2.75) is 0 Å². The second-order valence-electron chi connectivity index (χ2n) is 5.56. The fourth-order valence-electron chi connectivity index (χ4n) is 2.63. The minimum absolute atomic E-state index is 0.226. The smallest absolute Gasteiger partial charge is 0.335 e. The van der Waals surface area contributed by atoms with Gasteiger partial charge in [-0.1, -0.05) is 12.1 Å². The highest BCUT2D eigenvalue weighted by Gasteiger charge is 2.08. The molecule has 4 aromatic rings. The predicted molar refractivity (Wildman–Crippen MR) is 96.0 cm³/mol. The molecule has 0 aliphatic heterocycles. The van der Waals surface area contributed by atoms with Crippen molar-refractivity contribution >= 4 is 28.6 Å². The van der Waals surface area contributed by atoms with E-state index >= 15 is 0 Å². The van der Waals surface area contributed by atoms with Crippen molar-refractivity contribution < 1.29 is 9.90 Å². The molecule has 0 amide bonds. The first kappa shape index (κ1) is 14.9. The fraction of sp³-hybridized carbons (Fsp3) is 0. The van der Waals surface area contributed by atoms with Gasteiger partial charge in [-0.3, -0.25) is 4.98 Å². The van der Waals surface area contributed by atoms with E-state index in [1.807, 2.05) is 36.4 Å². The molecule has 2 heterocycles. The van der Waals surface area contributed by atoms with Gasteiger partial charge in [0.25, 0.3) is 0 Å². The van der Waals surface area contributed by atoms with Crippen LogP contribution in [0.25, 0.3) is 22.2 Å². The van der Waals surface area contributed by atoms with Gasteiger partial charge in [-0.05, 0) is 53.6 Å². The maximum atomic E-state index is 11.0. The normalized spacial score (nSPS) is 10.7. The minimum atomic E-state index is -0.960. The number of carbonyl (C=O) groups is 1. The van der Waals surface area contributed by atoms with Gasteiger partial charge in [-0.2, -0.15) is 0 Å². The Labute approximate surface area is 143 Å². The molecule has 0 saturated heterocycles. The summed E-state index contributed by atoms with van der Waals surface area (Å²) in [6.07, 6.45) is 3.53. The average molecular weight is 330 g/mol. The van der Waals surface area contributed by atoms with Gasteiger partial charge in [0.15, 0.2) is 0 Å². The van der Waals surface area contributed by atoms with Crippen LogP contribution in [0.1, 0.15) is 10.4 Å². The lowest BCUT2D eigenvalue weighted by Gasteiger charge is -2.05. The first-order valence-corrected chi connectivity index (χ1v) is 7.69. The third-order valence-corrected chi connectivity index (χ3v) is 3.89. The van der Waals surface area contributed by atoms with E-state index in [0.717, 1.165) is 16.8 Å². The Hall–Kier alpha value is -3.67. The highest BCUT2D eigenvalue weighted by atomic mass is 16.4. The number of nitrogens with one attached hydrogen (secondary N) is 2. The molecule has 0 aliphatic rings. The molecule has 0 atom stereocenters. The van der Waals surface area contributed by atoms with Crippen LogP contribution in [0.5, 0.6) is 0 Å². The van der Waals surface area contributed by atoms with Gasteiger partial charge in [0, 0.05) is 18.1 Å². The Bertz CT molecular complexity index is 1040. The molecule has 0 bridgehead atoms. The lowest BCUT2D eigenvalue weighted by atomic mass is 10.1. The Balaban J connectivity index is 1.57. The van der Waals surface area contributed by atoms with Gasteiger partial charge >= 0.3 is 5.97 Å². The maximum Gasteiger partial charge on any atom is 0.335 e. The lowest BCUT2D eigenvalue weighted by molar-refractivity contribution is 0.0697. The summed E-state index contributed by atoms with van der Waals surface area (Å²) in [6, 6.07) is 16.7. The van der Waals surface area contributed by atoms with Crippen LogP contribution in [0.15, 0.2) is 67.0 Å². The van der Waals surface area contributed by atoms with Crippen LogP contribution in [0.2, 0.25) is 0 Å². The Morgan fingerprint density at radius 2 is 1.68 bits per heavy atom. The van der Waals surface area contributed by atoms with Gasteiger partial charge in [-0.25, -0.2) is 9.78 Å². The summed E-state index contributed by atoms with van der Waals surface area (Å²) in [6.45, 7) is 0. The Kier molecular flexibility index (Phi) is 3.63. The molecule has 0 saturated carbocycles. The topological polar surface area (TPSA) is 90.9 Å². The molecule has 2 aromatic heterocycles. The van der Waals surface area contributed by atoms with Crippen molar-refractivity contribution in [3.63, 3.8) is 0 Å². The van der Waals surface area contributed by atoms with Crippen LogP contribution in [0.4, 0.5) is 11.6 Å². The summed E-state index contributed by atoms with van der Waals surface area (Å²) < 4.78 is 0. The third-order valence-electron chi connectivity index (χ3n) is 3.89. The number of hydrogen-bond acceptors (Lipinski definition) is 4. The standard InChI is InChI=1S/C19H14N4O2/c24-18(25)14-3-6-16-17(11-14)23-19(22-16)21-15-4-1-12(2-5-15)13-7-9-20-10-8-13/h1-11H,(H,24,25)(H2,21,22,23). The SMILES string of the molecule is O=C(O)c1ccc2nc(Nc3ccc(-c4ccncc4)cc3)[nH]c2c1. The number of hydrogen-bond donors (Lipinski definition) is 3. The summed E-state index contributed by atoms with van der Waals surface area (Å²) in [4.78, 5) is 22.6. The van der Waals surface area contributed by atoms with Crippen LogP contribution in [0, 0.1) is 0 Å². The number of H-pyrrole nitrogens is 1. The molecule has 6 heteroatoms. The molecule has 122 valence electrons. The van der Waals surface area contributed by atoms with Crippen molar-refractivity contribution in [1.29, 1.82) is 0 Å². The highest BCUT2D eigenvalue weighted by Crippen LogP contribution is 2.23. The highest BCUT2D eigenvalue weighted by molar-refractivity contribution is 5.92. The molecule has 0 aliphatic carbocycles.